The summed E-state index contributed by atoms with van der Waals surface area (Å²) in [5, 5.41) is 13.1. The number of piperazine rings is 1. The maximum Gasteiger partial charge on any atom is 0.303 e. The number of aliphatic carboxylic acids is 1. The lowest BCUT2D eigenvalue weighted by molar-refractivity contribution is -0.137. The maximum atomic E-state index is 11.3. The Morgan fingerprint density at radius 1 is 0.957 bits per heavy atom. The van der Waals surface area contributed by atoms with E-state index < -0.39 is 5.97 Å². The molecular formula is C34H43Cl2N7O3. The van der Waals surface area contributed by atoms with Crippen molar-refractivity contribution in [3.63, 3.8) is 0 Å². The summed E-state index contributed by atoms with van der Waals surface area (Å²) < 4.78 is 0. The van der Waals surface area contributed by atoms with Crippen molar-refractivity contribution in [3.05, 3.63) is 69.6 Å². The van der Waals surface area contributed by atoms with Gasteiger partial charge in [-0.15, -0.1) is 0 Å². The highest BCUT2D eigenvalue weighted by Crippen LogP contribution is 2.28. The molecule has 5 rings (SSSR count). The normalized spacial score (nSPS) is 17.2. The van der Waals surface area contributed by atoms with Crippen LogP contribution in [0.4, 0.5) is 5.95 Å². The molecule has 2 aliphatic heterocycles. The quantitative estimate of drug-likeness (QED) is 0.270. The molecule has 0 radical (unpaired) electrons. The summed E-state index contributed by atoms with van der Waals surface area (Å²) in [7, 11) is 0. The summed E-state index contributed by atoms with van der Waals surface area (Å²) in [4.78, 5) is 43.7. The van der Waals surface area contributed by atoms with Crippen molar-refractivity contribution < 1.29 is 14.7 Å². The molecule has 1 atom stereocenters. The number of anilines is 1. The molecule has 2 N–H and O–H groups in total. The lowest BCUT2D eigenvalue weighted by atomic mass is 9.96. The van der Waals surface area contributed by atoms with E-state index in [4.69, 9.17) is 43.3 Å². The van der Waals surface area contributed by atoms with Crippen LogP contribution in [0.2, 0.25) is 10.0 Å². The Balaban J connectivity index is 1.25. The molecular weight excluding hydrogens is 625 g/mol. The van der Waals surface area contributed by atoms with Gasteiger partial charge >= 0.3 is 5.97 Å². The number of piperidine rings is 1. The largest absolute Gasteiger partial charge is 0.481 e. The number of carboxylic acid groups (broad SMARTS) is 1. The number of halogens is 2. The molecule has 246 valence electrons. The van der Waals surface area contributed by atoms with Crippen molar-refractivity contribution in [1.29, 1.82) is 0 Å². The molecule has 1 aromatic carbocycles. The lowest BCUT2D eigenvalue weighted by Gasteiger charge is -2.38. The van der Waals surface area contributed by atoms with Crippen LogP contribution in [0.15, 0.2) is 42.7 Å². The van der Waals surface area contributed by atoms with Crippen molar-refractivity contribution >= 4 is 41.0 Å². The summed E-state index contributed by atoms with van der Waals surface area (Å²) in [6, 6.07) is 10.0. The Kier molecular flexibility index (Phi) is 11.8. The zero-order chi connectivity index (χ0) is 32.6. The van der Waals surface area contributed by atoms with E-state index in [9.17, 15) is 9.59 Å². The van der Waals surface area contributed by atoms with Gasteiger partial charge in [-0.2, -0.15) is 0 Å². The van der Waals surface area contributed by atoms with E-state index in [1.165, 1.54) is 5.56 Å². The number of aromatic nitrogens is 3. The second-order valence-corrected chi connectivity index (χ2v) is 13.4. The standard InChI is InChI=1S/C34H43Cl2N7O3/c1-23(3-4-33(45)46)42-9-11-43(12-10-42)34-38-20-27(21-39-34)14-31-13-26(15-32(40-31)28-16-29(35)18-30(36)17-28)22-41-7-5-25(6-8-41)19-37-24(2)44/h13,15-18,20-21,23,25H,3-12,14,19,22H2,1-2H3,(H,37,44)(H,45,46). The summed E-state index contributed by atoms with van der Waals surface area (Å²) in [5.41, 5.74) is 4.76. The van der Waals surface area contributed by atoms with Gasteiger partial charge in [0.05, 0.1) is 5.69 Å². The highest BCUT2D eigenvalue weighted by Gasteiger charge is 2.23. The number of hydrogen-bond donors (Lipinski definition) is 2. The number of nitrogens with zero attached hydrogens (tertiary/aromatic N) is 6. The van der Waals surface area contributed by atoms with Crippen LogP contribution in [-0.4, -0.2) is 93.6 Å². The Hall–Kier alpha value is -3.31. The number of carbonyl (C=O) groups is 2. The molecule has 3 aromatic rings. The van der Waals surface area contributed by atoms with Gasteiger partial charge in [-0.1, -0.05) is 23.2 Å². The monoisotopic (exact) mass is 667 g/mol. The van der Waals surface area contributed by atoms with Gasteiger partial charge in [-0.25, -0.2) is 9.97 Å². The first-order valence-electron chi connectivity index (χ1n) is 16.1. The van der Waals surface area contributed by atoms with Crippen LogP contribution in [0, 0.1) is 5.92 Å². The third kappa shape index (κ3) is 9.84. The van der Waals surface area contributed by atoms with Crippen LogP contribution in [0.3, 0.4) is 0 Å². The third-order valence-corrected chi connectivity index (χ3v) is 9.36. The van der Waals surface area contributed by atoms with E-state index >= 15 is 0 Å². The molecule has 2 aromatic heterocycles. The fourth-order valence-electron chi connectivity index (χ4n) is 6.27. The highest BCUT2D eigenvalue weighted by atomic mass is 35.5. The second kappa shape index (κ2) is 16.0. The Morgan fingerprint density at radius 2 is 1.63 bits per heavy atom. The number of benzene rings is 1. The van der Waals surface area contributed by atoms with Crippen molar-refractivity contribution in [3.8, 4) is 11.3 Å². The number of likely N-dealkylation sites (tertiary alicyclic amines) is 1. The number of amides is 1. The third-order valence-electron chi connectivity index (χ3n) is 8.92. The molecule has 0 saturated carbocycles. The minimum absolute atomic E-state index is 0.0275. The molecule has 0 spiro atoms. The number of nitrogens with one attached hydrogen (secondary N) is 1. The molecule has 1 unspecified atom stereocenters. The molecule has 12 heteroatoms. The second-order valence-electron chi connectivity index (χ2n) is 12.5. The minimum atomic E-state index is -0.748. The number of carbonyl (C=O) groups excluding carboxylic acids is 1. The number of carboxylic acids is 1. The van der Waals surface area contributed by atoms with Gasteiger partial charge < -0.3 is 15.3 Å². The number of hydrogen-bond acceptors (Lipinski definition) is 8. The van der Waals surface area contributed by atoms with Crippen molar-refractivity contribution in [1.82, 2.24) is 30.1 Å². The first kappa shape index (κ1) is 34.0. The molecule has 10 nitrogen and oxygen atoms in total. The molecule has 46 heavy (non-hydrogen) atoms. The van der Waals surface area contributed by atoms with Gasteiger partial charge in [0.1, 0.15) is 0 Å². The maximum absolute atomic E-state index is 11.3. The fraction of sp³-hybridized carbons (Fsp3) is 0.500. The first-order valence-corrected chi connectivity index (χ1v) is 16.8. The zero-order valence-corrected chi connectivity index (χ0v) is 28.1. The van der Waals surface area contributed by atoms with E-state index in [2.05, 4.69) is 39.1 Å². The summed E-state index contributed by atoms with van der Waals surface area (Å²) in [6.07, 6.45) is 7.30. The van der Waals surface area contributed by atoms with Crippen LogP contribution >= 0.6 is 23.2 Å². The van der Waals surface area contributed by atoms with Crippen LogP contribution in [0.25, 0.3) is 11.3 Å². The van der Waals surface area contributed by atoms with E-state index in [1.807, 2.05) is 24.5 Å². The molecule has 2 aliphatic rings. The highest BCUT2D eigenvalue weighted by molar-refractivity contribution is 6.35. The molecule has 2 saturated heterocycles. The Morgan fingerprint density at radius 3 is 2.26 bits per heavy atom. The fourth-order valence-corrected chi connectivity index (χ4v) is 6.79. The summed E-state index contributed by atoms with van der Waals surface area (Å²) in [5.74, 6) is 0.498. The summed E-state index contributed by atoms with van der Waals surface area (Å²) in [6.45, 7) is 10.5. The molecule has 4 heterocycles. The lowest BCUT2D eigenvalue weighted by Crippen LogP contribution is -2.50. The molecule has 0 aliphatic carbocycles. The van der Waals surface area contributed by atoms with E-state index in [0.717, 1.165) is 87.7 Å². The van der Waals surface area contributed by atoms with Gasteiger partial charge in [0.2, 0.25) is 11.9 Å². The Labute approximate surface area is 281 Å². The average Bonchev–Trinajstić information content (AvgIpc) is 3.03. The molecule has 0 bridgehead atoms. The van der Waals surface area contributed by atoms with Crippen molar-refractivity contribution in [2.75, 3.05) is 50.7 Å². The van der Waals surface area contributed by atoms with Gasteiger partial charge in [0.15, 0.2) is 0 Å². The van der Waals surface area contributed by atoms with E-state index in [-0.39, 0.29) is 18.4 Å². The van der Waals surface area contributed by atoms with E-state index in [0.29, 0.717) is 34.8 Å². The van der Waals surface area contributed by atoms with Crippen LogP contribution in [0.1, 0.15) is 56.4 Å². The minimum Gasteiger partial charge on any atom is -0.481 e. The van der Waals surface area contributed by atoms with Crippen LogP contribution in [-0.2, 0) is 22.6 Å². The number of pyridine rings is 1. The predicted octanol–water partition coefficient (Wildman–Crippen LogP) is 5.16. The van der Waals surface area contributed by atoms with Crippen molar-refractivity contribution in [2.45, 2.75) is 58.5 Å². The molecule has 1 amide bonds. The topological polar surface area (TPSA) is 115 Å². The SMILES string of the molecule is CC(=O)NCC1CCN(Cc2cc(Cc3cnc(N4CCN(C(C)CCC(=O)O)CC4)nc3)nc(-c3cc(Cl)cc(Cl)c3)c2)CC1. The summed E-state index contributed by atoms with van der Waals surface area (Å²) >= 11 is 12.7. The van der Waals surface area contributed by atoms with E-state index in [1.54, 1.807) is 13.0 Å². The van der Waals surface area contributed by atoms with Crippen molar-refractivity contribution in [2.24, 2.45) is 5.92 Å². The van der Waals surface area contributed by atoms with Crippen LogP contribution in [0.5, 0.6) is 0 Å². The van der Waals surface area contributed by atoms with Gasteiger partial charge in [-0.3, -0.25) is 24.4 Å². The smallest absolute Gasteiger partial charge is 0.303 e. The Bertz CT molecular complexity index is 1470. The number of rotatable bonds is 12. The van der Waals surface area contributed by atoms with Crippen LogP contribution < -0.4 is 10.2 Å². The van der Waals surface area contributed by atoms with Gasteiger partial charge in [-0.05, 0) is 86.7 Å². The first-order chi connectivity index (χ1) is 22.1. The zero-order valence-electron chi connectivity index (χ0n) is 26.6. The van der Waals surface area contributed by atoms with Gasteiger partial charge in [0, 0.05) is 98.8 Å². The molecule has 2 fully saturated rings. The van der Waals surface area contributed by atoms with Gasteiger partial charge in [0.25, 0.3) is 0 Å². The predicted molar refractivity (Wildman–Crippen MR) is 181 cm³/mol. The average molecular weight is 669 g/mol.